The van der Waals surface area contributed by atoms with Crippen LogP contribution < -0.4 is 5.32 Å². The molecule has 0 spiro atoms. The van der Waals surface area contributed by atoms with E-state index in [1.807, 2.05) is 0 Å². The van der Waals surface area contributed by atoms with Crippen LogP contribution in [0.2, 0.25) is 0 Å². The quantitative estimate of drug-likeness (QED) is 0.929. The van der Waals surface area contributed by atoms with Crippen molar-refractivity contribution in [2.75, 3.05) is 6.54 Å². The average Bonchev–Trinajstić information content (AvgIpc) is 2.76. The maximum Gasteiger partial charge on any atom is 0.156 e. The smallest absolute Gasteiger partial charge is 0.156 e. The van der Waals surface area contributed by atoms with Crippen LogP contribution in [0.1, 0.15) is 55.1 Å². The zero-order valence-corrected chi connectivity index (χ0v) is 12.7. The van der Waals surface area contributed by atoms with Crippen LogP contribution in [0.15, 0.2) is 5.38 Å². The zero-order chi connectivity index (χ0) is 12.4. The summed E-state index contributed by atoms with van der Waals surface area (Å²) in [4.78, 5) is 16.6. The van der Waals surface area contributed by atoms with Crippen LogP contribution in [0, 0.1) is 0 Å². The van der Waals surface area contributed by atoms with Gasteiger partial charge in [0.25, 0.3) is 0 Å². The fourth-order valence-corrected chi connectivity index (χ4v) is 3.71. The first-order valence-electron chi connectivity index (χ1n) is 7.03. The van der Waals surface area contributed by atoms with Crippen molar-refractivity contribution >= 4 is 29.5 Å². The van der Waals surface area contributed by atoms with Crippen LogP contribution in [0.25, 0.3) is 0 Å². The number of ketones is 1. The first-order valence-corrected chi connectivity index (χ1v) is 7.91. The number of nitrogens with one attached hydrogen (secondary N) is 1. The van der Waals surface area contributed by atoms with E-state index in [-0.39, 0.29) is 18.4 Å². The monoisotopic (exact) mass is 300 g/mol. The van der Waals surface area contributed by atoms with Gasteiger partial charge in [0.15, 0.2) is 5.78 Å². The van der Waals surface area contributed by atoms with E-state index in [1.165, 1.54) is 37.8 Å². The minimum Gasteiger partial charge on any atom is -0.307 e. The van der Waals surface area contributed by atoms with Crippen molar-refractivity contribution in [3.8, 4) is 0 Å². The molecule has 3 rings (SSSR count). The summed E-state index contributed by atoms with van der Waals surface area (Å²) in [5.41, 5.74) is 1.24. The van der Waals surface area contributed by atoms with Gasteiger partial charge in [-0.25, -0.2) is 4.98 Å². The van der Waals surface area contributed by atoms with Gasteiger partial charge in [0, 0.05) is 11.3 Å². The van der Waals surface area contributed by atoms with Crippen LogP contribution in [-0.4, -0.2) is 23.4 Å². The Balaban J connectivity index is 0.00000133. The van der Waals surface area contributed by atoms with Gasteiger partial charge in [-0.1, -0.05) is 19.3 Å². The number of aromatic nitrogens is 1. The van der Waals surface area contributed by atoms with Gasteiger partial charge < -0.3 is 5.32 Å². The lowest BCUT2D eigenvalue weighted by Crippen LogP contribution is -2.49. The predicted octanol–water partition coefficient (Wildman–Crippen LogP) is 3.09. The number of hydrogen-bond acceptors (Lipinski definition) is 4. The van der Waals surface area contributed by atoms with Crippen molar-refractivity contribution in [1.82, 2.24) is 10.3 Å². The molecule has 1 atom stereocenters. The van der Waals surface area contributed by atoms with E-state index in [2.05, 4.69) is 15.7 Å². The number of Topliss-reactive ketones (excluding diaryl/α,β-unsaturated/α-hetero) is 1. The van der Waals surface area contributed by atoms with E-state index in [4.69, 9.17) is 0 Å². The van der Waals surface area contributed by atoms with Crippen LogP contribution in [-0.2, 0) is 11.2 Å². The number of hydrogen-bond donors (Lipinski definition) is 1. The summed E-state index contributed by atoms with van der Waals surface area (Å²) < 4.78 is 0. The largest absolute Gasteiger partial charge is 0.307 e. The highest BCUT2D eigenvalue weighted by molar-refractivity contribution is 7.09. The Morgan fingerprint density at radius 2 is 2.05 bits per heavy atom. The summed E-state index contributed by atoms with van der Waals surface area (Å²) in [5, 5.41) is 6.34. The predicted molar refractivity (Wildman–Crippen MR) is 80.3 cm³/mol. The lowest BCUT2D eigenvalue weighted by molar-refractivity contribution is -0.121. The first kappa shape index (κ1) is 14.9. The molecule has 1 aromatic rings. The van der Waals surface area contributed by atoms with Crippen LogP contribution in [0.4, 0.5) is 0 Å². The number of nitrogens with zero attached hydrogens (tertiary/aromatic N) is 1. The number of halogens is 1. The molecule has 0 bridgehead atoms. The van der Waals surface area contributed by atoms with Crippen molar-refractivity contribution in [2.24, 2.45) is 0 Å². The molecule has 5 heteroatoms. The zero-order valence-electron chi connectivity index (χ0n) is 11.1. The molecule has 1 aromatic heterocycles. The van der Waals surface area contributed by atoms with E-state index < -0.39 is 0 Å². The second-order valence-corrected chi connectivity index (χ2v) is 6.38. The molecule has 1 saturated heterocycles. The minimum atomic E-state index is 0. The van der Waals surface area contributed by atoms with Crippen molar-refractivity contribution in [1.29, 1.82) is 0 Å². The Bertz CT molecular complexity index is 425. The fraction of sp³-hybridized carbons (Fsp3) is 0.714. The highest BCUT2D eigenvalue weighted by atomic mass is 35.5. The summed E-state index contributed by atoms with van der Waals surface area (Å²) in [5.74, 6) is 0.964. The molecule has 3 nitrogen and oxygen atoms in total. The number of carbonyl (C=O) groups excluding carboxylic acids is 1. The van der Waals surface area contributed by atoms with E-state index >= 15 is 0 Å². The Morgan fingerprint density at radius 3 is 2.68 bits per heavy atom. The summed E-state index contributed by atoms with van der Waals surface area (Å²) in [6.45, 7) is 0.988. The number of carbonyl (C=O) groups is 1. The van der Waals surface area contributed by atoms with Crippen LogP contribution in [0.5, 0.6) is 0 Å². The van der Waals surface area contributed by atoms with Gasteiger partial charge in [0.2, 0.25) is 0 Å². The van der Waals surface area contributed by atoms with Crippen molar-refractivity contribution in [3.05, 3.63) is 16.1 Å². The lowest BCUT2D eigenvalue weighted by Gasteiger charge is -2.25. The first-order chi connectivity index (χ1) is 8.83. The molecule has 2 heterocycles. The molecular formula is C14H21ClN2OS. The maximum atomic E-state index is 11.9. The fourth-order valence-electron chi connectivity index (χ4n) is 2.83. The Labute approximate surface area is 124 Å². The molecule has 0 unspecified atom stereocenters. The lowest BCUT2D eigenvalue weighted by atomic mass is 9.87. The number of rotatable bonds is 4. The summed E-state index contributed by atoms with van der Waals surface area (Å²) in [7, 11) is 0. The third-order valence-electron chi connectivity index (χ3n) is 4.13. The third kappa shape index (κ3) is 3.56. The maximum absolute atomic E-state index is 11.9. The minimum absolute atomic E-state index is 0. The summed E-state index contributed by atoms with van der Waals surface area (Å²) >= 11 is 1.66. The molecule has 1 saturated carbocycles. The van der Waals surface area contributed by atoms with Gasteiger partial charge in [0.1, 0.15) is 5.01 Å². The molecule has 1 aliphatic heterocycles. The standard InChI is InChI=1S/C14H20N2OS.ClH/c17-13(11-6-7-15-11)8-14-16-12(9-18-14)10-4-2-1-3-5-10;/h9-11,15H,1-8H2;1H/t11-;/m0./s1. The van der Waals surface area contributed by atoms with Gasteiger partial charge in [0.05, 0.1) is 18.2 Å². The molecule has 0 aromatic carbocycles. The van der Waals surface area contributed by atoms with E-state index in [9.17, 15) is 4.79 Å². The molecular weight excluding hydrogens is 280 g/mol. The molecule has 0 radical (unpaired) electrons. The van der Waals surface area contributed by atoms with Gasteiger partial charge in [-0.15, -0.1) is 23.7 Å². The molecule has 2 aliphatic rings. The average molecular weight is 301 g/mol. The van der Waals surface area contributed by atoms with Gasteiger partial charge in [-0.2, -0.15) is 0 Å². The Morgan fingerprint density at radius 1 is 1.32 bits per heavy atom. The van der Waals surface area contributed by atoms with Crippen molar-refractivity contribution in [2.45, 2.75) is 56.9 Å². The number of thiazole rings is 1. The van der Waals surface area contributed by atoms with Gasteiger partial charge in [-0.3, -0.25) is 4.79 Å². The molecule has 106 valence electrons. The normalized spacial score (nSPS) is 23.5. The van der Waals surface area contributed by atoms with Crippen molar-refractivity contribution < 1.29 is 4.79 Å². The molecule has 0 amide bonds. The second-order valence-electron chi connectivity index (χ2n) is 5.44. The van der Waals surface area contributed by atoms with E-state index in [1.54, 1.807) is 11.3 Å². The van der Waals surface area contributed by atoms with E-state index in [0.717, 1.165) is 18.0 Å². The summed E-state index contributed by atoms with van der Waals surface area (Å²) in [6, 6.07) is 0.104. The topological polar surface area (TPSA) is 42.0 Å². The molecule has 19 heavy (non-hydrogen) atoms. The van der Waals surface area contributed by atoms with Crippen LogP contribution >= 0.6 is 23.7 Å². The Hall–Kier alpha value is -0.450. The SMILES string of the molecule is Cl.O=C(Cc1nc(C2CCCCC2)cs1)[C@@H]1CCN1. The van der Waals surface area contributed by atoms with Gasteiger partial charge >= 0.3 is 0 Å². The van der Waals surface area contributed by atoms with Crippen molar-refractivity contribution in [3.63, 3.8) is 0 Å². The highest BCUT2D eigenvalue weighted by Gasteiger charge is 2.25. The highest BCUT2D eigenvalue weighted by Crippen LogP contribution is 2.33. The van der Waals surface area contributed by atoms with Crippen LogP contribution in [0.3, 0.4) is 0 Å². The summed E-state index contributed by atoms with van der Waals surface area (Å²) in [6.07, 6.45) is 8.13. The molecule has 1 N–H and O–H groups in total. The molecule has 1 aliphatic carbocycles. The second kappa shape index (κ2) is 6.82. The van der Waals surface area contributed by atoms with Gasteiger partial charge in [-0.05, 0) is 25.8 Å². The third-order valence-corrected chi connectivity index (χ3v) is 5.00. The molecule has 2 fully saturated rings. The van der Waals surface area contributed by atoms with E-state index in [0.29, 0.717) is 18.1 Å². The Kier molecular flexibility index (Phi) is 5.37.